The number of rotatable bonds is 6. The highest BCUT2D eigenvalue weighted by Gasteiger charge is 2.25. The predicted molar refractivity (Wildman–Crippen MR) is 118 cm³/mol. The van der Waals surface area contributed by atoms with Gasteiger partial charge in [-0.3, -0.25) is 9.59 Å². The van der Waals surface area contributed by atoms with Crippen LogP contribution in [0.15, 0.2) is 60.8 Å². The van der Waals surface area contributed by atoms with Crippen LogP contribution in [0.4, 0.5) is 4.39 Å². The zero-order valence-electron chi connectivity index (χ0n) is 17.8. The van der Waals surface area contributed by atoms with Crippen LogP contribution in [0.1, 0.15) is 40.6 Å². The zero-order valence-corrected chi connectivity index (χ0v) is 17.8. The molecule has 8 heteroatoms. The van der Waals surface area contributed by atoms with E-state index in [2.05, 4.69) is 10.4 Å². The van der Waals surface area contributed by atoms with Crippen LogP contribution in [-0.2, 0) is 0 Å². The van der Waals surface area contributed by atoms with Crippen molar-refractivity contribution in [3.8, 4) is 11.4 Å². The molecule has 0 unspecified atom stereocenters. The van der Waals surface area contributed by atoms with Crippen LogP contribution in [0.5, 0.6) is 5.75 Å². The highest BCUT2D eigenvalue weighted by atomic mass is 19.1. The normalized spacial score (nSPS) is 14.2. The molecule has 1 aliphatic heterocycles. The number of amides is 2. The van der Waals surface area contributed by atoms with Gasteiger partial charge >= 0.3 is 0 Å². The van der Waals surface area contributed by atoms with E-state index in [1.807, 2.05) is 11.8 Å². The van der Waals surface area contributed by atoms with Crippen LogP contribution in [0.2, 0.25) is 0 Å². The second kappa shape index (κ2) is 9.64. The van der Waals surface area contributed by atoms with E-state index in [4.69, 9.17) is 4.74 Å². The summed E-state index contributed by atoms with van der Waals surface area (Å²) in [5.74, 6) is 0.136. The van der Waals surface area contributed by atoms with Gasteiger partial charge in [0.15, 0.2) is 5.69 Å². The molecule has 1 aromatic heterocycles. The third-order valence-corrected chi connectivity index (χ3v) is 5.44. The number of aromatic nitrogens is 2. The Hall–Kier alpha value is -3.68. The molecule has 2 aromatic carbocycles. The Morgan fingerprint density at radius 3 is 2.41 bits per heavy atom. The number of halogens is 1. The molecule has 2 heterocycles. The lowest BCUT2D eigenvalue weighted by molar-refractivity contribution is 0.0697. The van der Waals surface area contributed by atoms with E-state index >= 15 is 0 Å². The highest BCUT2D eigenvalue weighted by molar-refractivity contribution is 5.94. The monoisotopic (exact) mass is 436 g/mol. The van der Waals surface area contributed by atoms with E-state index in [-0.39, 0.29) is 23.7 Å². The Morgan fingerprint density at radius 1 is 1.06 bits per heavy atom. The summed E-state index contributed by atoms with van der Waals surface area (Å²) in [4.78, 5) is 27.1. The Morgan fingerprint density at radius 2 is 1.75 bits per heavy atom. The summed E-state index contributed by atoms with van der Waals surface area (Å²) in [6.07, 6.45) is 3.01. The van der Waals surface area contributed by atoms with Crippen LogP contribution in [0.25, 0.3) is 5.69 Å². The Kier molecular flexibility index (Phi) is 6.49. The minimum Gasteiger partial charge on any atom is -0.494 e. The number of hydrogen-bond donors (Lipinski definition) is 1. The number of likely N-dealkylation sites (tertiary alicyclic amines) is 1. The largest absolute Gasteiger partial charge is 0.494 e. The molecule has 4 rings (SSSR count). The summed E-state index contributed by atoms with van der Waals surface area (Å²) in [7, 11) is 0. The van der Waals surface area contributed by atoms with Gasteiger partial charge in [0, 0.05) is 30.9 Å². The van der Waals surface area contributed by atoms with E-state index in [0.717, 1.165) is 5.75 Å². The Bertz CT molecular complexity index is 1070. The minimum atomic E-state index is -0.328. The summed E-state index contributed by atoms with van der Waals surface area (Å²) >= 11 is 0. The van der Waals surface area contributed by atoms with Crippen molar-refractivity contribution in [1.29, 1.82) is 0 Å². The zero-order chi connectivity index (χ0) is 22.5. The second-order valence-corrected chi connectivity index (χ2v) is 7.62. The average Bonchev–Trinajstić information content (AvgIpc) is 3.31. The van der Waals surface area contributed by atoms with E-state index in [1.54, 1.807) is 48.7 Å². The third-order valence-electron chi connectivity index (χ3n) is 5.44. The predicted octanol–water partition coefficient (Wildman–Crippen LogP) is 3.44. The van der Waals surface area contributed by atoms with Gasteiger partial charge in [-0.25, -0.2) is 9.07 Å². The van der Waals surface area contributed by atoms with Crippen molar-refractivity contribution >= 4 is 11.8 Å². The molecule has 32 heavy (non-hydrogen) atoms. The van der Waals surface area contributed by atoms with Crippen molar-refractivity contribution < 1.29 is 18.7 Å². The number of hydrogen-bond acceptors (Lipinski definition) is 4. The molecular weight excluding hydrogens is 411 g/mol. The summed E-state index contributed by atoms with van der Waals surface area (Å²) in [5.41, 5.74) is 1.59. The number of benzene rings is 2. The molecule has 0 aliphatic carbocycles. The van der Waals surface area contributed by atoms with Gasteiger partial charge in [0.05, 0.1) is 12.3 Å². The number of nitrogens with one attached hydrogen (secondary N) is 1. The molecule has 2 amide bonds. The fourth-order valence-corrected chi connectivity index (χ4v) is 3.71. The summed E-state index contributed by atoms with van der Waals surface area (Å²) in [5, 5.41) is 7.29. The van der Waals surface area contributed by atoms with Gasteiger partial charge in [-0.05, 0) is 74.4 Å². The van der Waals surface area contributed by atoms with Crippen molar-refractivity contribution in [2.24, 2.45) is 0 Å². The molecule has 0 spiro atoms. The quantitative estimate of drug-likeness (QED) is 0.642. The van der Waals surface area contributed by atoms with Crippen molar-refractivity contribution in [2.75, 3.05) is 19.7 Å². The first-order valence-electron chi connectivity index (χ1n) is 10.7. The first kappa shape index (κ1) is 21.5. The van der Waals surface area contributed by atoms with Gasteiger partial charge in [0.25, 0.3) is 11.8 Å². The number of piperidine rings is 1. The van der Waals surface area contributed by atoms with E-state index in [1.165, 1.54) is 16.8 Å². The third kappa shape index (κ3) is 4.96. The summed E-state index contributed by atoms with van der Waals surface area (Å²) < 4.78 is 20.0. The van der Waals surface area contributed by atoms with Crippen molar-refractivity contribution in [3.63, 3.8) is 0 Å². The van der Waals surface area contributed by atoms with Crippen LogP contribution < -0.4 is 10.1 Å². The van der Waals surface area contributed by atoms with Crippen LogP contribution >= 0.6 is 0 Å². The molecule has 166 valence electrons. The van der Waals surface area contributed by atoms with Crippen molar-refractivity contribution in [3.05, 3.63) is 77.9 Å². The lowest BCUT2D eigenvalue weighted by Crippen LogP contribution is -2.46. The molecule has 7 nitrogen and oxygen atoms in total. The van der Waals surface area contributed by atoms with Crippen LogP contribution in [0.3, 0.4) is 0 Å². The highest BCUT2D eigenvalue weighted by Crippen LogP contribution is 2.18. The second-order valence-electron chi connectivity index (χ2n) is 7.62. The molecule has 0 bridgehead atoms. The first-order chi connectivity index (χ1) is 15.5. The van der Waals surface area contributed by atoms with Gasteiger partial charge in [-0.1, -0.05) is 0 Å². The molecule has 1 fully saturated rings. The first-order valence-corrected chi connectivity index (χ1v) is 10.7. The maximum absolute atomic E-state index is 13.1. The Labute approximate surface area is 185 Å². The summed E-state index contributed by atoms with van der Waals surface area (Å²) in [6, 6.07) is 14.6. The van der Waals surface area contributed by atoms with Crippen LogP contribution in [0, 0.1) is 5.82 Å². The average molecular weight is 436 g/mol. The van der Waals surface area contributed by atoms with E-state index in [0.29, 0.717) is 49.5 Å². The number of carbonyl (C=O) groups excluding carboxylic acids is 2. The Balaban J connectivity index is 1.29. The smallest absolute Gasteiger partial charge is 0.272 e. The van der Waals surface area contributed by atoms with Gasteiger partial charge in [0.2, 0.25) is 0 Å². The molecule has 1 saturated heterocycles. The molecular formula is C24H25FN4O3. The number of carbonyl (C=O) groups is 2. The van der Waals surface area contributed by atoms with E-state index < -0.39 is 0 Å². The maximum Gasteiger partial charge on any atom is 0.272 e. The molecule has 3 aromatic rings. The SMILES string of the molecule is CCOc1ccc(C(=O)N2CCC(NC(=O)c3ccn(-c4ccc(F)cc4)n3)CC2)cc1. The molecule has 0 saturated carbocycles. The van der Waals surface area contributed by atoms with Crippen molar-refractivity contribution in [1.82, 2.24) is 20.0 Å². The molecule has 1 aliphatic rings. The summed E-state index contributed by atoms with van der Waals surface area (Å²) in [6.45, 7) is 3.64. The molecule has 0 atom stereocenters. The number of ether oxygens (including phenoxy) is 1. The lowest BCUT2D eigenvalue weighted by Gasteiger charge is -2.32. The fraction of sp³-hybridized carbons (Fsp3) is 0.292. The number of nitrogens with zero attached hydrogens (tertiary/aromatic N) is 3. The molecule has 0 radical (unpaired) electrons. The topological polar surface area (TPSA) is 76.5 Å². The van der Waals surface area contributed by atoms with Gasteiger partial charge in [-0.2, -0.15) is 5.10 Å². The van der Waals surface area contributed by atoms with Gasteiger partial charge in [-0.15, -0.1) is 0 Å². The standard InChI is InChI=1S/C24H25FN4O3/c1-2-32-21-9-3-17(4-10-21)24(31)28-14-11-19(12-15-28)26-23(30)22-13-16-29(27-22)20-7-5-18(25)6-8-20/h3-10,13,16,19H,2,11-12,14-15H2,1H3,(H,26,30). The van der Waals surface area contributed by atoms with Crippen molar-refractivity contribution in [2.45, 2.75) is 25.8 Å². The van der Waals surface area contributed by atoms with Gasteiger partial charge in [0.1, 0.15) is 11.6 Å². The fourth-order valence-electron chi connectivity index (χ4n) is 3.71. The van der Waals surface area contributed by atoms with E-state index in [9.17, 15) is 14.0 Å². The van der Waals surface area contributed by atoms with Gasteiger partial charge < -0.3 is 15.0 Å². The maximum atomic E-state index is 13.1. The lowest BCUT2D eigenvalue weighted by atomic mass is 10.0. The van der Waals surface area contributed by atoms with Crippen LogP contribution in [-0.4, -0.2) is 52.2 Å². The molecule has 1 N–H and O–H groups in total. The minimum absolute atomic E-state index is 0.0177.